The van der Waals surface area contributed by atoms with E-state index in [1.165, 1.54) is 18.2 Å². The lowest BCUT2D eigenvalue weighted by molar-refractivity contribution is -0.122. The molecule has 2 N–H and O–H groups in total. The fourth-order valence-electron chi connectivity index (χ4n) is 2.96. The number of anilines is 1. The molecular formula is C19H21N3O4S. The van der Waals surface area contributed by atoms with Gasteiger partial charge in [0, 0.05) is 24.3 Å². The van der Waals surface area contributed by atoms with E-state index in [-0.39, 0.29) is 41.9 Å². The second kappa shape index (κ2) is 7.50. The summed E-state index contributed by atoms with van der Waals surface area (Å²) < 4.78 is 26.7. The van der Waals surface area contributed by atoms with Crippen LogP contribution in [0.5, 0.6) is 0 Å². The van der Waals surface area contributed by atoms with Crippen molar-refractivity contribution in [2.75, 3.05) is 25.0 Å². The van der Waals surface area contributed by atoms with Gasteiger partial charge in [0.15, 0.2) is 0 Å². The summed E-state index contributed by atoms with van der Waals surface area (Å²) in [6, 6.07) is 11.5. The molecule has 0 bridgehead atoms. The van der Waals surface area contributed by atoms with E-state index >= 15 is 0 Å². The summed E-state index contributed by atoms with van der Waals surface area (Å²) in [7, 11) is -3.85. The topological polar surface area (TPSA) is 95.6 Å². The zero-order valence-electron chi connectivity index (χ0n) is 15.2. The van der Waals surface area contributed by atoms with E-state index in [2.05, 4.69) is 10.6 Å². The third kappa shape index (κ3) is 4.01. The zero-order chi connectivity index (χ0) is 19.6. The summed E-state index contributed by atoms with van der Waals surface area (Å²) in [5.74, 6) is -0.727. The third-order valence-corrected chi connectivity index (χ3v) is 6.30. The highest BCUT2D eigenvalue weighted by Crippen LogP contribution is 2.22. The Hall–Kier alpha value is -2.71. The van der Waals surface area contributed by atoms with E-state index in [1.54, 1.807) is 6.07 Å². The smallest absolute Gasteiger partial charge is 0.255 e. The first-order valence-corrected chi connectivity index (χ1v) is 9.97. The minimum Gasteiger partial charge on any atom is -0.354 e. The SMILES string of the molecule is Cc1cccc(C)c1NC(=O)c1cccc(S(=O)(=O)N2CCNC(=O)C2)c1. The number of aryl methyl sites for hydroxylation is 2. The average Bonchev–Trinajstić information content (AvgIpc) is 2.65. The van der Waals surface area contributed by atoms with Crippen LogP contribution >= 0.6 is 0 Å². The van der Waals surface area contributed by atoms with E-state index in [0.29, 0.717) is 5.69 Å². The lowest BCUT2D eigenvalue weighted by Gasteiger charge is -2.26. The number of carbonyl (C=O) groups is 2. The maximum absolute atomic E-state index is 12.8. The molecule has 1 saturated heterocycles. The van der Waals surface area contributed by atoms with E-state index in [9.17, 15) is 18.0 Å². The molecule has 0 saturated carbocycles. The lowest BCUT2D eigenvalue weighted by atomic mass is 10.1. The Morgan fingerprint density at radius 2 is 1.78 bits per heavy atom. The molecule has 2 aromatic rings. The molecule has 3 rings (SSSR count). The summed E-state index contributed by atoms with van der Waals surface area (Å²) in [4.78, 5) is 24.1. The molecule has 0 atom stereocenters. The highest BCUT2D eigenvalue weighted by atomic mass is 32.2. The van der Waals surface area contributed by atoms with Gasteiger partial charge < -0.3 is 10.6 Å². The molecule has 1 heterocycles. The first kappa shape index (κ1) is 19.1. The zero-order valence-corrected chi connectivity index (χ0v) is 16.0. The van der Waals surface area contributed by atoms with Crippen LogP contribution in [-0.2, 0) is 14.8 Å². The third-order valence-electron chi connectivity index (χ3n) is 4.46. The van der Waals surface area contributed by atoms with Gasteiger partial charge in [-0.05, 0) is 43.2 Å². The first-order chi connectivity index (χ1) is 12.8. The summed E-state index contributed by atoms with van der Waals surface area (Å²) in [5, 5.41) is 5.44. The van der Waals surface area contributed by atoms with Crippen LogP contribution in [0.3, 0.4) is 0 Å². The Kier molecular flexibility index (Phi) is 5.29. The number of rotatable bonds is 4. The van der Waals surface area contributed by atoms with Gasteiger partial charge in [-0.3, -0.25) is 9.59 Å². The molecule has 2 aromatic carbocycles. The van der Waals surface area contributed by atoms with Crippen molar-refractivity contribution in [3.63, 3.8) is 0 Å². The van der Waals surface area contributed by atoms with Gasteiger partial charge in [-0.25, -0.2) is 8.42 Å². The number of nitrogens with one attached hydrogen (secondary N) is 2. The molecule has 0 aliphatic carbocycles. The number of nitrogens with zero attached hydrogens (tertiary/aromatic N) is 1. The van der Waals surface area contributed by atoms with Gasteiger partial charge in [0.25, 0.3) is 5.91 Å². The minimum atomic E-state index is -3.85. The Bertz CT molecular complexity index is 982. The Morgan fingerprint density at radius 1 is 1.11 bits per heavy atom. The van der Waals surface area contributed by atoms with Crippen molar-refractivity contribution in [2.24, 2.45) is 0 Å². The monoisotopic (exact) mass is 387 g/mol. The molecule has 8 heteroatoms. The van der Waals surface area contributed by atoms with Crippen LogP contribution in [0.2, 0.25) is 0 Å². The van der Waals surface area contributed by atoms with Crippen molar-refractivity contribution in [2.45, 2.75) is 18.7 Å². The molecule has 142 valence electrons. The normalized spacial score (nSPS) is 15.3. The number of hydrogen-bond acceptors (Lipinski definition) is 4. The highest BCUT2D eigenvalue weighted by Gasteiger charge is 2.29. The molecule has 0 spiro atoms. The van der Waals surface area contributed by atoms with E-state index in [1.807, 2.05) is 32.0 Å². The predicted octanol–water partition coefficient (Wildman–Crippen LogP) is 1.68. The van der Waals surface area contributed by atoms with Crippen LogP contribution in [0.25, 0.3) is 0 Å². The molecule has 1 aliphatic heterocycles. The van der Waals surface area contributed by atoms with E-state index < -0.39 is 10.0 Å². The summed E-state index contributed by atoms with van der Waals surface area (Å²) in [5.41, 5.74) is 2.79. The van der Waals surface area contributed by atoms with Crippen LogP contribution in [0, 0.1) is 13.8 Å². The van der Waals surface area contributed by atoms with Crippen LogP contribution < -0.4 is 10.6 Å². The maximum atomic E-state index is 12.8. The molecule has 0 radical (unpaired) electrons. The van der Waals surface area contributed by atoms with Crippen molar-refractivity contribution in [1.29, 1.82) is 0 Å². The molecule has 0 unspecified atom stereocenters. The number of piperazine rings is 1. The number of hydrogen-bond donors (Lipinski definition) is 2. The molecule has 7 nitrogen and oxygen atoms in total. The van der Waals surface area contributed by atoms with Crippen molar-refractivity contribution >= 4 is 27.5 Å². The highest BCUT2D eigenvalue weighted by molar-refractivity contribution is 7.89. The van der Waals surface area contributed by atoms with Gasteiger partial charge in [-0.2, -0.15) is 4.31 Å². The van der Waals surface area contributed by atoms with Crippen molar-refractivity contribution < 1.29 is 18.0 Å². The summed E-state index contributed by atoms with van der Waals surface area (Å²) in [6.45, 7) is 4.04. The fraction of sp³-hybridized carbons (Fsp3) is 0.263. The molecule has 2 amide bonds. The van der Waals surface area contributed by atoms with E-state index in [4.69, 9.17) is 0 Å². The largest absolute Gasteiger partial charge is 0.354 e. The number of para-hydroxylation sites is 1. The van der Waals surface area contributed by atoms with Crippen LogP contribution in [0.1, 0.15) is 21.5 Å². The second-order valence-electron chi connectivity index (χ2n) is 6.44. The van der Waals surface area contributed by atoms with Crippen LogP contribution in [0.15, 0.2) is 47.4 Å². The quantitative estimate of drug-likeness (QED) is 0.834. The van der Waals surface area contributed by atoms with Crippen molar-refractivity contribution in [3.8, 4) is 0 Å². The first-order valence-electron chi connectivity index (χ1n) is 8.53. The second-order valence-corrected chi connectivity index (χ2v) is 8.38. The van der Waals surface area contributed by atoms with Gasteiger partial charge in [0.2, 0.25) is 15.9 Å². The van der Waals surface area contributed by atoms with Gasteiger partial charge in [0.1, 0.15) is 0 Å². The fourth-order valence-corrected chi connectivity index (χ4v) is 4.41. The van der Waals surface area contributed by atoms with Crippen molar-refractivity contribution in [3.05, 3.63) is 59.2 Å². The molecule has 27 heavy (non-hydrogen) atoms. The average molecular weight is 387 g/mol. The Balaban J connectivity index is 1.87. The molecule has 1 aliphatic rings. The molecule has 1 fully saturated rings. The van der Waals surface area contributed by atoms with Crippen LogP contribution in [-0.4, -0.2) is 44.2 Å². The number of amides is 2. The predicted molar refractivity (Wildman–Crippen MR) is 102 cm³/mol. The Morgan fingerprint density at radius 3 is 2.44 bits per heavy atom. The van der Waals surface area contributed by atoms with Gasteiger partial charge in [-0.15, -0.1) is 0 Å². The minimum absolute atomic E-state index is 0.00800. The number of carbonyl (C=O) groups excluding carboxylic acids is 2. The molecule has 0 aromatic heterocycles. The van der Waals surface area contributed by atoms with E-state index in [0.717, 1.165) is 15.4 Å². The summed E-state index contributed by atoms with van der Waals surface area (Å²) in [6.07, 6.45) is 0. The van der Waals surface area contributed by atoms with Gasteiger partial charge in [0.05, 0.1) is 11.4 Å². The number of sulfonamides is 1. The van der Waals surface area contributed by atoms with Gasteiger partial charge in [-0.1, -0.05) is 24.3 Å². The number of benzene rings is 2. The molecular weight excluding hydrogens is 366 g/mol. The lowest BCUT2D eigenvalue weighted by Crippen LogP contribution is -2.49. The Labute approximate surface area is 158 Å². The van der Waals surface area contributed by atoms with Crippen molar-refractivity contribution in [1.82, 2.24) is 9.62 Å². The summed E-state index contributed by atoms with van der Waals surface area (Å²) >= 11 is 0. The maximum Gasteiger partial charge on any atom is 0.255 e. The van der Waals surface area contributed by atoms with Crippen LogP contribution in [0.4, 0.5) is 5.69 Å². The standard InChI is InChI=1S/C19H21N3O4S/c1-13-5-3-6-14(2)18(13)21-19(24)15-7-4-8-16(11-15)27(25,26)22-10-9-20-17(23)12-22/h3-8,11H,9-10,12H2,1-2H3,(H,20,23)(H,21,24). The van der Waals surface area contributed by atoms with Gasteiger partial charge >= 0.3 is 0 Å².